The number of nitrogen functional groups attached to an aromatic ring is 2. The van der Waals surface area contributed by atoms with Crippen LogP contribution < -0.4 is 25.8 Å². The SMILES string of the molecule is COc1cc2c(cc1OC)N(c1ccc(N)cc1N)CC2. The Balaban J connectivity index is 2.07. The molecule has 0 bridgehead atoms. The second-order valence-corrected chi connectivity index (χ2v) is 5.06. The third-order valence-corrected chi connectivity index (χ3v) is 3.82. The number of methoxy groups -OCH3 is 2. The van der Waals surface area contributed by atoms with E-state index in [1.165, 1.54) is 5.56 Å². The van der Waals surface area contributed by atoms with Gasteiger partial charge in [-0.25, -0.2) is 0 Å². The molecular weight excluding hydrogens is 266 g/mol. The molecule has 0 saturated carbocycles. The van der Waals surface area contributed by atoms with Crippen LogP contribution in [0.3, 0.4) is 0 Å². The zero-order valence-corrected chi connectivity index (χ0v) is 12.2. The number of fused-ring (bicyclic) bond motifs is 1. The quantitative estimate of drug-likeness (QED) is 0.848. The standard InChI is InChI=1S/C16H19N3O2/c1-20-15-7-10-5-6-19(14(10)9-16(15)21-2)13-4-3-11(17)8-12(13)18/h3-4,7-9H,5-6,17-18H2,1-2H3. The number of rotatable bonds is 3. The van der Waals surface area contributed by atoms with Crippen molar-refractivity contribution in [2.24, 2.45) is 0 Å². The van der Waals surface area contributed by atoms with Gasteiger partial charge in [0.15, 0.2) is 11.5 Å². The van der Waals surface area contributed by atoms with E-state index in [0.29, 0.717) is 11.4 Å². The molecule has 4 N–H and O–H groups in total. The maximum atomic E-state index is 6.11. The molecule has 2 aromatic carbocycles. The Labute approximate surface area is 124 Å². The lowest BCUT2D eigenvalue weighted by Gasteiger charge is -2.22. The Morgan fingerprint density at radius 2 is 1.67 bits per heavy atom. The summed E-state index contributed by atoms with van der Waals surface area (Å²) in [5.74, 6) is 1.47. The van der Waals surface area contributed by atoms with Crippen molar-refractivity contribution in [3.63, 3.8) is 0 Å². The van der Waals surface area contributed by atoms with Crippen molar-refractivity contribution in [3.8, 4) is 11.5 Å². The molecule has 0 fully saturated rings. The fraction of sp³-hybridized carbons (Fsp3) is 0.250. The van der Waals surface area contributed by atoms with E-state index in [1.54, 1.807) is 20.3 Å². The molecule has 0 atom stereocenters. The highest BCUT2D eigenvalue weighted by atomic mass is 16.5. The van der Waals surface area contributed by atoms with E-state index in [-0.39, 0.29) is 0 Å². The van der Waals surface area contributed by atoms with E-state index in [1.807, 2.05) is 24.3 Å². The van der Waals surface area contributed by atoms with E-state index in [4.69, 9.17) is 20.9 Å². The highest BCUT2D eigenvalue weighted by Gasteiger charge is 2.24. The molecule has 0 amide bonds. The molecule has 1 aliphatic heterocycles. The molecule has 110 valence electrons. The number of hydrogen-bond acceptors (Lipinski definition) is 5. The number of nitrogens with two attached hydrogens (primary N) is 2. The van der Waals surface area contributed by atoms with E-state index in [9.17, 15) is 0 Å². The summed E-state index contributed by atoms with van der Waals surface area (Å²) in [7, 11) is 3.29. The van der Waals surface area contributed by atoms with Crippen LogP contribution in [-0.2, 0) is 6.42 Å². The van der Waals surface area contributed by atoms with E-state index in [0.717, 1.165) is 35.8 Å². The molecule has 0 saturated heterocycles. The molecule has 0 aromatic heterocycles. The van der Waals surface area contributed by atoms with Gasteiger partial charge in [-0.15, -0.1) is 0 Å². The van der Waals surface area contributed by atoms with Gasteiger partial charge in [-0.3, -0.25) is 0 Å². The van der Waals surface area contributed by atoms with Crippen LogP contribution >= 0.6 is 0 Å². The normalized spacial score (nSPS) is 13.1. The Kier molecular flexibility index (Phi) is 3.25. The van der Waals surface area contributed by atoms with Crippen LogP contribution in [0.2, 0.25) is 0 Å². The van der Waals surface area contributed by atoms with Gasteiger partial charge in [0, 0.05) is 24.0 Å². The van der Waals surface area contributed by atoms with Crippen LogP contribution in [0.5, 0.6) is 11.5 Å². The van der Waals surface area contributed by atoms with Crippen LogP contribution in [0.15, 0.2) is 30.3 Å². The fourth-order valence-electron chi connectivity index (χ4n) is 2.78. The Morgan fingerprint density at radius 3 is 2.33 bits per heavy atom. The molecule has 5 heteroatoms. The van der Waals surface area contributed by atoms with Gasteiger partial charge >= 0.3 is 0 Å². The van der Waals surface area contributed by atoms with Gasteiger partial charge in [-0.2, -0.15) is 0 Å². The predicted octanol–water partition coefficient (Wildman–Crippen LogP) is 2.56. The third kappa shape index (κ3) is 2.20. The average Bonchev–Trinajstić information content (AvgIpc) is 2.88. The zero-order valence-electron chi connectivity index (χ0n) is 12.2. The molecule has 0 radical (unpaired) electrons. The van der Waals surface area contributed by atoms with Gasteiger partial charge in [0.2, 0.25) is 0 Å². The highest BCUT2D eigenvalue weighted by Crippen LogP contribution is 2.43. The first-order valence-electron chi connectivity index (χ1n) is 6.81. The number of benzene rings is 2. The van der Waals surface area contributed by atoms with E-state index >= 15 is 0 Å². The first kappa shape index (κ1) is 13.4. The summed E-state index contributed by atoms with van der Waals surface area (Å²) >= 11 is 0. The molecule has 0 unspecified atom stereocenters. The Bertz CT molecular complexity index is 685. The average molecular weight is 285 g/mol. The molecule has 1 aliphatic rings. The smallest absolute Gasteiger partial charge is 0.162 e. The molecular formula is C16H19N3O2. The zero-order chi connectivity index (χ0) is 15.0. The fourth-order valence-corrected chi connectivity index (χ4v) is 2.78. The summed E-state index contributed by atoms with van der Waals surface area (Å²) in [5.41, 5.74) is 16.5. The molecule has 5 nitrogen and oxygen atoms in total. The molecule has 0 aliphatic carbocycles. The van der Waals surface area contributed by atoms with Crippen molar-refractivity contribution in [1.82, 2.24) is 0 Å². The van der Waals surface area contributed by atoms with E-state index in [2.05, 4.69) is 4.90 Å². The summed E-state index contributed by atoms with van der Waals surface area (Å²) in [4.78, 5) is 2.19. The topological polar surface area (TPSA) is 73.7 Å². The third-order valence-electron chi connectivity index (χ3n) is 3.82. The minimum absolute atomic E-state index is 0.669. The number of hydrogen-bond donors (Lipinski definition) is 2. The molecule has 1 heterocycles. The Morgan fingerprint density at radius 1 is 0.952 bits per heavy atom. The van der Waals surface area contributed by atoms with Crippen molar-refractivity contribution in [2.75, 3.05) is 37.1 Å². The number of nitrogens with zero attached hydrogens (tertiary/aromatic N) is 1. The lowest BCUT2D eigenvalue weighted by Crippen LogP contribution is -2.15. The maximum Gasteiger partial charge on any atom is 0.162 e. The summed E-state index contributed by atoms with van der Waals surface area (Å²) in [5, 5.41) is 0. The summed E-state index contributed by atoms with van der Waals surface area (Å²) in [6.45, 7) is 0.875. The molecule has 2 aromatic rings. The van der Waals surface area contributed by atoms with Crippen LogP contribution in [-0.4, -0.2) is 20.8 Å². The van der Waals surface area contributed by atoms with Crippen LogP contribution in [0.4, 0.5) is 22.7 Å². The lowest BCUT2D eigenvalue weighted by molar-refractivity contribution is 0.355. The summed E-state index contributed by atoms with van der Waals surface area (Å²) < 4.78 is 10.7. The lowest BCUT2D eigenvalue weighted by atomic mass is 10.1. The van der Waals surface area contributed by atoms with Crippen LogP contribution in [0, 0.1) is 0 Å². The van der Waals surface area contributed by atoms with Gasteiger partial charge in [0.05, 0.1) is 25.6 Å². The van der Waals surface area contributed by atoms with E-state index < -0.39 is 0 Å². The monoisotopic (exact) mass is 285 g/mol. The minimum atomic E-state index is 0.669. The van der Waals surface area contributed by atoms with Crippen molar-refractivity contribution in [3.05, 3.63) is 35.9 Å². The van der Waals surface area contributed by atoms with Gasteiger partial charge in [0.25, 0.3) is 0 Å². The molecule has 21 heavy (non-hydrogen) atoms. The second-order valence-electron chi connectivity index (χ2n) is 5.06. The van der Waals surface area contributed by atoms with Crippen LogP contribution in [0.1, 0.15) is 5.56 Å². The first-order chi connectivity index (χ1) is 10.1. The maximum absolute atomic E-state index is 6.11. The second kappa shape index (κ2) is 5.09. The van der Waals surface area contributed by atoms with Gasteiger partial charge < -0.3 is 25.8 Å². The Hall–Kier alpha value is -2.56. The largest absolute Gasteiger partial charge is 0.493 e. The number of ether oxygens (including phenoxy) is 2. The van der Waals surface area contributed by atoms with Crippen molar-refractivity contribution >= 4 is 22.7 Å². The predicted molar refractivity (Wildman–Crippen MR) is 85.5 cm³/mol. The van der Waals surface area contributed by atoms with Crippen molar-refractivity contribution < 1.29 is 9.47 Å². The summed E-state index contributed by atoms with van der Waals surface area (Å²) in [6, 6.07) is 9.63. The van der Waals surface area contributed by atoms with Crippen molar-refractivity contribution in [1.29, 1.82) is 0 Å². The molecule has 3 rings (SSSR count). The molecule has 0 spiro atoms. The highest BCUT2D eigenvalue weighted by molar-refractivity contribution is 5.81. The van der Waals surface area contributed by atoms with Crippen LogP contribution in [0.25, 0.3) is 0 Å². The first-order valence-corrected chi connectivity index (χ1v) is 6.81. The van der Waals surface area contributed by atoms with Crippen molar-refractivity contribution in [2.45, 2.75) is 6.42 Å². The minimum Gasteiger partial charge on any atom is -0.493 e. The van der Waals surface area contributed by atoms with Gasteiger partial charge in [-0.05, 0) is 36.2 Å². The number of anilines is 4. The summed E-state index contributed by atoms with van der Waals surface area (Å²) in [6.07, 6.45) is 0.944. The van der Waals surface area contributed by atoms with Gasteiger partial charge in [0.1, 0.15) is 0 Å². The van der Waals surface area contributed by atoms with Gasteiger partial charge in [-0.1, -0.05) is 0 Å².